The van der Waals surface area contributed by atoms with Crippen LogP contribution in [-0.2, 0) is 14.3 Å². The van der Waals surface area contributed by atoms with Gasteiger partial charge in [-0.05, 0) is 42.7 Å². The van der Waals surface area contributed by atoms with Crippen LogP contribution in [0.1, 0.15) is 35.7 Å². The predicted octanol–water partition coefficient (Wildman–Crippen LogP) is 3.84. The first-order valence-corrected chi connectivity index (χ1v) is 9.37. The van der Waals surface area contributed by atoms with E-state index >= 15 is 0 Å². The van der Waals surface area contributed by atoms with Crippen molar-refractivity contribution < 1.29 is 28.6 Å². The first-order valence-electron chi connectivity index (χ1n) is 9.37. The molecule has 0 bridgehead atoms. The van der Waals surface area contributed by atoms with E-state index in [4.69, 9.17) is 20.3 Å². The molecule has 3 N–H and O–H groups in total. The van der Waals surface area contributed by atoms with Crippen LogP contribution in [0.3, 0.4) is 0 Å². The van der Waals surface area contributed by atoms with Gasteiger partial charge in [0.15, 0.2) is 0 Å². The molecule has 0 saturated carbocycles. The summed E-state index contributed by atoms with van der Waals surface area (Å²) in [4.78, 5) is 23.6. The van der Waals surface area contributed by atoms with Gasteiger partial charge in [0.25, 0.3) is 0 Å². The fourth-order valence-corrected chi connectivity index (χ4v) is 3.42. The molecule has 0 amide bonds. The average molecular weight is 422 g/mol. The Kier molecular flexibility index (Phi) is 6.07. The lowest BCUT2D eigenvalue weighted by molar-refractivity contribution is -0.139. The largest absolute Gasteiger partial charge is 0.478 e. The first kappa shape index (κ1) is 21.6. The molecule has 1 heterocycles. The van der Waals surface area contributed by atoms with Gasteiger partial charge < -0.3 is 20.3 Å². The minimum atomic E-state index is -1.35. The lowest BCUT2D eigenvalue weighted by Crippen LogP contribution is -2.25. The Morgan fingerprint density at radius 2 is 1.87 bits per heavy atom. The molecule has 0 radical (unpaired) electrons. The molecule has 2 aromatic carbocycles. The molecule has 8 heteroatoms. The Labute approximate surface area is 177 Å². The Morgan fingerprint density at radius 3 is 2.42 bits per heavy atom. The molecule has 1 aliphatic rings. The highest BCUT2D eigenvalue weighted by Crippen LogP contribution is 2.40. The van der Waals surface area contributed by atoms with E-state index in [1.165, 1.54) is 12.1 Å². The van der Waals surface area contributed by atoms with Crippen molar-refractivity contribution in [3.05, 3.63) is 82.2 Å². The van der Waals surface area contributed by atoms with Gasteiger partial charge in [0, 0.05) is 0 Å². The summed E-state index contributed by atoms with van der Waals surface area (Å²) in [6.45, 7) is 3.40. The van der Waals surface area contributed by atoms with Crippen LogP contribution in [0.5, 0.6) is 0 Å². The maximum atomic E-state index is 14.0. The van der Waals surface area contributed by atoms with E-state index in [-0.39, 0.29) is 29.4 Å². The number of ether oxygens (including phenoxy) is 2. The maximum absolute atomic E-state index is 14.0. The number of hydrogen-bond donors (Lipinski definition) is 2. The molecular formula is C23H19FN2O5. The fraction of sp³-hybridized carbons (Fsp3) is 0.174. The molecule has 1 atom stereocenters. The van der Waals surface area contributed by atoms with E-state index < -0.39 is 29.2 Å². The van der Waals surface area contributed by atoms with E-state index in [1.54, 1.807) is 38.1 Å². The van der Waals surface area contributed by atoms with Crippen molar-refractivity contribution in [3.8, 4) is 17.2 Å². The summed E-state index contributed by atoms with van der Waals surface area (Å²) in [7, 11) is 0. The quantitative estimate of drug-likeness (QED) is 0.702. The molecule has 0 aliphatic carbocycles. The Morgan fingerprint density at radius 1 is 1.23 bits per heavy atom. The van der Waals surface area contributed by atoms with E-state index in [1.807, 2.05) is 6.07 Å². The zero-order valence-corrected chi connectivity index (χ0v) is 16.8. The van der Waals surface area contributed by atoms with Gasteiger partial charge in [-0.25, -0.2) is 14.0 Å². The molecule has 1 aliphatic heterocycles. The second-order valence-electron chi connectivity index (χ2n) is 6.74. The summed E-state index contributed by atoms with van der Waals surface area (Å²) < 4.78 is 24.6. The van der Waals surface area contributed by atoms with Crippen molar-refractivity contribution >= 4 is 11.9 Å². The fourth-order valence-electron chi connectivity index (χ4n) is 3.42. The summed E-state index contributed by atoms with van der Waals surface area (Å²) in [5, 5.41) is 18.6. The second-order valence-corrected chi connectivity index (χ2v) is 6.74. The number of carbonyl (C=O) groups excluding carboxylic acids is 1. The van der Waals surface area contributed by atoms with Crippen molar-refractivity contribution in [1.29, 1.82) is 5.26 Å². The highest BCUT2D eigenvalue weighted by molar-refractivity contribution is 5.92. The zero-order valence-electron chi connectivity index (χ0n) is 16.8. The van der Waals surface area contributed by atoms with Gasteiger partial charge in [-0.15, -0.1) is 0 Å². The van der Waals surface area contributed by atoms with E-state index in [9.17, 15) is 19.2 Å². The highest BCUT2D eigenvalue weighted by atomic mass is 19.1. The molecule has 1 unspecified atom stereocenters. The number of halogens is 1. The number of benzene rings is 2. The number of carbonyl (C=O) groups is 2. The van der Waals surface area contributed by atoms with Crippen molar-refractivity contribution in [2.75, 3.05) is 6.61 Å². The van der Waals surface area contributed by atoms with Gasteiger partial charge in [-0.3, -0.25) is 0 Å². The van der Waals surface area contributed by atoms with Crippen molar-refractivity contribution in [3.63, 3.8) is 0 Å². The number of aromatic carboxylic acids is 1. The van der Waals surface area contributed by atoms with Gasteiger partial charge in [0.1, 0.15) is 23.2 Å². The minimum Gasteiger partial charge on any atom is -0.478 e. The Balaban J connectivity index is 2.03. The number of hydrogen-bond acceptors (Lipinski definition) is 6. The summed E-state index contributed by atoms with van der Waals surface area (Å²) >= 11 is 0. The van der Waals surface area contributed by atoms with Crippen LogP contribution in [0.4, 0.5) is 4.39 Å². The zero-order chi connectivity index (χ0) is 22.7. The third-order valence-electron chi connectivity index (χ3n) is 4.88. The molecular weight excluding hydrogens is 403 g/mol. The Hall–Kier alpha value is -4.12. The molecule has 0 spiro atoms. The van der Waals surface area contributed by atoms with Crippen LogP contribution in [-0.4, -0.2) is 23.7 Å². The van der Waals surface area contributed by atoms with Crippen molar-refractivity contribution in [1.82, 2.24) is 0 Å². The van der Waals surface area contributed by atoms with Crippen LogP contribution in [0.2, 0.25) is 0 Å². The SMILES string of the molecule is CCOC(=O)C1=C(C)OC(N)=C(C#N)C1c1ccc(-c2ccc(C(=O)O)c(F)c2)cc1. The first-order chi connectivity index (χ1) is 14.8. The summed E-state index contributed by atoms with van der Waals surface area (Å²) in [6.07, 6.45) is 0. The predicted molar refractivity (Wildman–Crippen MR) is 109 cm³/mol. The smallest absolute Gasteiger partial charge is 0.338 e. The summed E-state index contributed by atoms with van der Waals surface area (Å²) in [5.74, 6) is -3.42. The van der Waals surface area contributed by atoms with E-state index in [2.05, 4.69) is 0 Å². The average Bonchev–Trinajstić information content (AvgIpc) is 2.73. The van der Waals surface area contributed by atoms with Gasteiger partial charge in [-0.2, -0.15) is 5.26 Å². The lowest BCUT2D eigenvalue weighted by Gasteiger charge is -2.27. The van der Waals surface area contributed by atoms with Crippen LogP contribution >= 0.6 is 0 Å². The molecule has 0 fully saturated rings. The van der Waals surface area contributed by atoms with Crippen LogP contribution < -0.4 is 5.73 Å². The standard InChI is InChI=1S/C23H19FN2O5/c1-3-30-23(29)19-12(2)31-21(26)17(11-25)20(19)14-6-4-13(5-7-14)15-8-9-16(22(27)28)18(24)10-15/h4-10,20H,3,26H2,1-2H3,(H,27,28). The molecule has 0 aromatic heterocycles. The number of carboxylic acids is 1. The lowest BCUT2D eigenvalue weighted by atomic mass is 9.82. The molecule has 0 saturated heterocycles. The number of nitrogens with two attached hydrogens (primary N) is 1. The molecule has 2 aromatic rings. The second kappa shape index (κ2) is 8.71. The van der Waals surface area contributed by atoms with E-state index in [0.717, 1.165) is 6.07 Å². The summed E-state index contributed by atoms with van der Waals surface area (Å²) in [5.41, 5.74) is 7.42. The third-order valence-corrected chi connectivity index (χ3v) is 4.88. The monoisotopic (exact) mass is 422 g/mol. The number of carboxylic acid groups (broad SMARTS) is 1. The van der Waals surface area contributed by atoms with Gasteiger partial charge >= 0.3 is 11.9 Å². The molecule has 158 valence electrons. The molecule has 31 heavy (non-hydrogen) atoms. The Bertz CT molecular complexity index is 1160. The van der Waals surface area contributed by atoms with Crippen LogP contribution in [0.15, 0.2) is 65.3 Å². The van der Waals surface area contributed by atoms with Gasteiger partial charge in [0.2, 0.25) is 5.88 Å². The number of esters is 1. The summed E-state index contributed by atoms with van der Waals surface area (Å²) in [6, 6.07) is 12.6. The number of nitriles is 1. The normalized spacial score (nSPS) is 15.9. The highest BCUT2D eigenvalue weighted by Gasteiger charge is 2.36. The van der Waals surface area contributed by atoms with Crippen molar-refractivity contribution in [2.24, 2.45) is 5.73 Å². The maximum Gasteiger partial charge on any atom is 0.338 e. The molecule has 7 nitrogen and oxygen atoms in total. The number of allylic oxidation sites excluding steroid dienone is 2. The number of nitrogens with zero attached hydrogens (tertiary/aromatic N) is 1. The number of rotatable bonds is 5. The third kappa shape index (κ3) is 4.12. The van der Waals surface area contributed by atoms with Gasteiger partial charge in [0.05, 0.1) is 23.7 Å². The van der Waals surface area contributed by atoms with E-state index in [0.29, 0.717) is 16.7 Å². The van der Waals surface area contributed by atoms with Crippen LogP contribution in [0, 0.1) is 17.1 Å². The molecule has 3 rings (SSSR count). The topological polar surface area (TPSA) is 123 Å². The van der Waals surface area contributed by atoms with Gasteiger partial charge in [-0.1, -0.05) is 30.3 Å². The van der Waals surface area contributed by atoms with Crippen molar-refractivity contribution in [2.45, 2.75) is 19.8 Å². The van der Waals surface area contributed by atoms with Crippen LogP contribution in [0.25, 0.3) is 11.1 Å². The minimum absolute atomic E-state index is 0.0817.